The zero-order valence-electron chi connectivity index (χ0n) is 14.5. The van der Waals surface area contributed by atoms with E-state index in [1.54, 1.807) is 6.20 Å². The molecule has 0 spiro atoms. The third kappa shape index (κ3) is 2.77. The van der Waals surface area contributed by atoms with Gasteiger partial charge in [0.1, 0.15) is 5.65 Å². The molecule has 6 heteroatoms. The van der Waals surface area contributed by atoms with Gasteiger partial charge in [-0.1, -0.05) is 33.9 Å². The summed E-state index contributed by atoms with van der Waals surface area (Å²) in [6.45, 7) is 11.2. The number of pyridine rings is 1. The molecule has 0 radical (unpaired) electrons. The highest BCUT2D eigenvalue weighted by atomic mass is 28.3. The normalized spacial score (nSPS) is 13.6. The second kappa shape index (κ2) is 5.82. The van der Waals surface area contributed by atoms with Gasteiger partial charge in [0.05, 0.1) is 13.2 Å². The van der Waals surface area contributed by atoms with Gasteiger partial charge in [-0.2, -0.15) is 5.26 Å². The molecule has 0 aliphatic rings. The average Bonchev–Trinajstić information content (AvgIpc) is 2.87. The van der Waals surface area contributed by atoms with E-state index in [9.17, 15) is 10.1 Å². The van der Waals surface area contributed by atoms with Crippen LogP contribution in [0.25, 0.3) is 11.0 Å². The minimum Gasteiger partial charge on any atom is -0.468 e. The molecule has 2 rings (SSSR count). The van der Waals surface area contributed by atoms with Gasteiger partial charge < -0.3 is 8.97 Å². The van der Waals surface area contributed by atoms with Gasteiger partial charge in [0.25, 0.3) is 0 Å². The highest BCUT2D eigenvalue weighted by Gasteiger charge is 2.40. The summed E-state index contributed by atoms with van der Waals surface area (Å²) in [6, 6.07) is 5.80. The van der Waals surface area contributed by atoms with E-state index in [1.807, 2.05) is 18.3 Å². The molecule has 0 aromatic carbocycles. The average molecular weight is 329 g/mol. The first-order valence-electron chi connectivity index (χ1n) is 7.59. The number of carbonyl (C=O) groups excluding carboxylic acids is 1. The zero-order chi connectivity index (χ0) is 17.4. The van der Waals surface area contributed by atoms with E-state index in [4.69, 9.17) is 4.74 Å². The molecule has 0 bridgehead atoms. The maximum Gasteiger partial charge on any atom is 0.327 e. The smallest absolute Gasteiger partial charge is 0.327 e. The molecule has 5 nitrogen and oxygen atoms in total. The summed E-state index contributed by atoms with van der Waals surface area (Å²) in [6.07, 6.45) is 3.68. The van der Waals surface area contributed by atoms with Crippen molar-refractivity contribution < 1.29 is 9.53 Å². The lowest BCUT2D eigenvalue weighted by Gasteiger charge is -2.38. The lowest BCUT2D eigenvalue weighted by Crippen LogP contribution is -2.45. The van der Waals surface area contributed by atoms with Crippen LogP contribution in [0.5, 0.6) is 0 Å². The molecule has 0 aliphatic carbocycles. The molecule has 0 amide bonds. The Kier molecular flexibility index (Phi) is 4.36. The Hall–Kier alpha value is -2.13. The van der Waals surface area contributed by atoms with Crippen molar-refractivity contribution in [1.82, 2.24) is 9.22 Å². The van der Waals surface area contributed by atoms with Gasteiger partial charge in [0.15, 0.2) is 14.2 Å². The molecule has 2 heterocycles. The van der Waals surface area contributed by atoms with Crippen LogP contribution in [0, 0.1) is 11.3 Å². The lowest BCUT2D eigenvalue weighted by atomic mass is 10.0. The molecule has 1 atom stereocenters. The lowest BCUT2D eigenvalue weighted by molar-refractivity contribution is -0.140. The third-order valence-corrected chi connectivity index (χ3v) is 10.1. The van der Waals surface area contributed by atoms with Crippen LogP contribution in [-0.2, 0) is 9.53 Å². The summed E-state index contributed by atoms with van der Waals surface area (Å²) in [5.74, 6) is -1.47. The van der Waals surface area contributed by atoms with Crippen molar-refractivity contribution in [1.29, 1.82) is 5.26 Å². The van der Waals surface area contributed by atoms with Crippen molar-refractivity contribution in [3.63, 3.8) is 0 Å². The number of hydrogen-bond acceptors (Lipinski definition) is 4. The van der Waals surface area contributed by atoms with Gasteiger partial charge in [-0.25, -0.2) is 4.98 Å². The summed E-state index contributed by atoms with van der Waals surface area (Å²) in [5, 5.41) is 10.4. The molecule has 23 heavy (non-hydrogen) atoms. The van der Waals surface area contributed by atoms with Crippen molar-refractivity contribution in [2.45, 2.75) is 44.8 Å². The maximum absolute atomic E-state index is 12.0. The van der Waals surface area contributed by atoms with Gasteiger partial charge in [0.2, 0.25) is 0 Å². The number of nitriles is 1. The van der Waals surface area contributed by atoms with E-state index in [2.05, 4.69) is 49.2 Å². The van der Waals surface area contributed by atoms with Gasteiger partial charge in [-0.15, -0.1) is 0 Å². The first-order chi connectivity index (χ1) is 10.6. The number of ether oxygens (including phenoxy) is 1. The highest BCUT2D eigenvalue weighted by molar-refractivity contribution is 6.79. The van der Waals surface area contributed by atoms with Crippen LogP contribution in [0.3, 0.4) is 0 Å². The molecule has 0 N–H and O–H groups in total. The Bertz CT molecular complexity index is 781. The Labute approximate surface area is 138 Å². The van der Waals surface area contributed by atoms with Crippen molar-refractivity contribution in [3.8, 4) is 6.07 Å². The minimum atomic E-state index is -1.94. The number of methoxy groups -OCH3 is 1. The summed E-state index contributed by atoms with van der Waals surface area (Å²) in [7, 11) is -0.632. The van der Waals surface area contributed by atoms with Crippen LogP contribution in [-0.4, -0.2) is 30.5 Å². The molecule has 0 aliphatic heterocycles. The molecule has 0 saturated carbocycles. The van der Waals surface area contributed by atoms with Gasteiger partial charge in [-0.3, -0.25) is 4.79 Å². The standard InChI is InChI=1S/C17H23N3O2Si/c1-17(2,3)23(5,6)20-11-14(13(10-18)16(21)22-4)12-8-7-9-19-15(12)20/h7-9,11,13H,1-6H3. The van der Waals surface area contributed by atoms with Gasteiger partial charge in [0, 0.05) is 23.3 Å². The summed E-state index contributed by atoms with van der Waals surface area (Å²) < 4.78 is 6.99. The number of rotatable bonds is 3. The van der Waals surface area contributed by atoms with Crippen LogP contribution in [0.15, 0.2) is 24.5 Å². The van der Waals surface area contributed by atoms with Gasteiger partial charge >= 0.3 is 5.97 Å². The number of nitrogens with zero attached hydrogens (tertiary/aromatic N) is 3. The summed E-state index contributed by atoms with van der Waals surface area (Å²) in [5.41, 5.74) is 1.51. The molecule has 2 aromatic rings. The minimum absolute atomic E-state index is 0.0984. The number of hydrogen-bond donors (Lipinski definition) is 0. The van der Waals surface area contributed by atoms with Crippen LogP contribution in [0.2, 0.25) is 18.1 Å². The Balaban J connectivity index is 2.77. The van der Waals surface area contributed by atoms with E-state index in [-0.39, 0.29) is 5.04 Å². The Morgan fingerprint density at radius 3 is 2.61 bits per heavy atom. The van der Waals surface area contributed by atoms with Crippen LogP contribution in [0.4, 0.5) is 0 Å². The second-order valence-corrected chi connectivity index (χ2v) is 12.3. The first kappa shape index (κ1) is 17.2. The second-order valence-electron chi connectivity index (χ2n) is 7.22. The number of esters is 1. The van der Waals surface area contributed by atoms with E-state index >= 15 is 0 Å². The predicted molar refractivity (Wildman–Crippen MR) is 92.7 cm³/mol. The van der Waals surface area contributed by atoms with Crippen molar-refractivity contribution in [2.75, 3.05) is 7.11 Å². The van der Waals surface area contributed by atoms with Crippen LogP contribution >= 0.6 is 0 Å². The quantitative estimate of drug-likeness (QED) is 0.636. The van der Waals surface area contributed by atoms with E-state index in [1.165, 1.54) is 7.11 Å². The number of fused-ring (bicyclic) bond motifs is 1. The maximum atomic E-state index is 12.0. The highest BCUT2D eigenvalue weighted by Crippen LogP contribution is 2.40. The number of aromatic nitrogens is 2. The zero-order valence-corrected chi connectivity index (χ0v) is 15.5. The number of carbonyl (C=O) groups is 1. The van der Waals surface area contributed by atoms with Crippen LogP contribution in [0.1, 0.15) is 32.3 Å². The van der Waals surface area contributed by atoms with E-state index in [0.29, 0.717) is 5.56 Å². The fourth-order valence-electron chi connectivity index (χ4n) is 2.47. The monoisotopic (exact) mass is 329 g/mol. The molecular formula is C17H23N3O2Si. The molecule has 122 valence electrons. The fraction of sp³-hybridized carbons (Fsp3) is 0.471. The molecule has 0 saturated heterocycles. The molecule has 0 fully saturated rings. The third-order valence-electron chi connectivity index (χ3n) is 4.91. The summed E-state index contributed by atoms with van der Waals surface area (Å²) in [4.78, 5) is 16.5. The predicted octanol–water partition coefficient (Wildman–Crippen LogP) is 3.67. The molecular weight excluding hydrogens is 306 g/mol. The Morgan fingerprint density at radius 1 is 1.43 bits per heavy atom. The summed E-state index contributed by atoms with van der Waals surface area (Å²) >= 11 is 0. The van der Waals surface area contributed by atoms with Crippen molar-refractivity contribution in [3.05, 3.63) is 30.1 Å². The van der Waals surface area contributed by atoms with Crippen molar-refractivity contribution in [2.24, 2.45) is 0 Å². The SMILES string of the molecule is COC(=O)C(C#N)c1cn([Si](C)(C)C(C)(C)C)c2ncccc12. The topological polar surface area (TPSA) is 67.9 Å². The van der Waals surface area contributed by atoms with Gasteiger partial charge in [-0.05, 0) is 17.2 Å². The van der Waals surface area contributed by atoms with E-state index in [0.717, 1.165) is 11.0 Å². The van der Waals surface area contributed by atoms with Crippen molar-refractivity contribution >= 4 is 25.2 Å². The molecule has 2 aromatic heterocycles. The largest absolute Gasteiger partial charge is 0.468 e. The first-order valence-corrected chi connectivity index (χ1v) is 10.5. The Morgan fingerprint density at radius 2 is 2.09 bits per heavy atom. The van der Waals surface area contributed by atoms with E-state index < -0.39 is 20.1 Å². The molecule has 1 unspecified atom stereocenters. The fourth-order valence-corrected chi connectivity index (χ4v) is 4.36. The van der Waals surface area contributed by atoms with Crippen LogP contribution < -0.4 is 0 Å².